The number of sulfone groups is 1. The van der Waals surface area contributed by atoms with Gasteiger partial charge < -0.3 is 5.11 Å². The summed E-state index contributed by atoms with van der Waals surface area (Å²) in [5.74, 6) is -1.47. The Labute approximate surface area is 170 Å². The second-order valence-corrected chi connectivity index (χ2v) is 8.75. The summed E-state index contributed by atoms with van der Waals surface area (Å²) in [5, 5.41) is 13.0. The summed E-state index contributed by atoms with van der Waals surface area (Å²) in [6, 6.07) is 11.6. The van der Waals surface area contributed by atoms with Crippen molar-refractivity contribution < 1.29 is 31.5 Å². The summed E-state index contributed by atoms with van der Waals surface area (Å²) in [6.45, 7) is 0.662. The van der Waals surface area contributed by atoms with Gasteiger partial charge in [-0.3, -0.25) is 4.79 Å². The highest BCUT2D eigenvalue weighted by Crippen LogP contribution is 2.43. The fourth-order valence-corrected chi connectivity index (χ4v) is 3.79. The highest BCUT2D eigenvalue weighted by atomic mass is 32.2. The molecule has 30 heavy (non-hydrogen) atoms. The van der Waals surface area contributed by atoms with Crippen LogP contribution in [-0.2, 0) is 27.4 Å². The molecule has 6 nitrogen and oxygen atoms in total. The van der Waals surface area contributed by atoms with Gasteiger partial charge in [0.2, 0.25) is 0 Å². The van der Waals surface area contributed by atoms with Crippen LogP contribution in [0.5, 0.6) is 0 Å². The molecule has 0 aliphatic heterocycles. The fraction of sp³-hybridized carbons (Fsp3) is 0.200. The van der Waals surface area contributed by atoms with Gasteiger partial charge in [-0.15, -0.1) is 0 Å². The molecule has 0 saturated heterocycles. The van der Waals surface area contributed by atoms with E-state index in [4.69, 9.17) is 5.11 Å². The third kappa shape index (κ3) is 4.23. The minimum absolute atomic E-state index is 0.00436. The van der Waals surface area contributed by atoms with Crippen LogP contribution in [0.4, 0.5) is 13.2 Å². The number of aromatic nitrogens is 2. The molecule has 0 radical (unpaired) electrons. The molecule has 0 saturated carbocycles. The number of carboxylic acids is 1. The Kier molecular flexibility index (Phi) is 5.46. The molecule has 1 aromatic heterocycles. The number of alkyl halides is 3. The van der Waals surface area contributed by atoms with Gasteiger partial charge in [-0.05, 0) is 30.2 Å². The van der Waals surface area contributed by atoms with Crippen molar-refractivity contribution in [2.24, 2.45) is 0 Å². The van der Waals surface area contributed by atoms with Crippen LogP contribution in [0.3, 0.4) is 0 Å². The Morgan fingerprint density at radius 2 is 1.70 bits per heavy atom. The summed E-state index contributed by atoms with van der Waals surface area (Å²) in [6.07, 6.45) is -3.85. The molecule has 2 aromatic carbocycles. The molecule has 3 rings (SSSR count). The van der Waals surface area contributed by atoms with Crippen LogP contribution in [0.25, 0.3) is 22.4 Å². The van der Waals surface area contributed by atoms with Crippen LogP contribution in [0, 0.1) is 6.92 Å². The molecule has 0 unspecified atom stereocenters. The normalized spacial score (nSPS) is 12.2. The van der Waals surface area contributed by atoms with E-state index in [1.165, 1.54) is 30.3 Å². The average Bonchev–Trinajstić information content (AvgIpc) is 3.00. The first-order valence-corrected chi connectivity index (χ1v) is 10.5. The average molecular weight is 438 g/mol. The maximum absolute atomic E-state index is 14.0. The van der Waals surface area contributed by atoms with Gasteiger partial charge >= 0.3 is 12.1 Å². The van der Waals surface area contributed by atoms with E-state index in [-0.39, 0.29) is 27.3 Å². The van der Waals surface area contributed by atoms with E-state index >= 15 is 0 Å². The van der Waals surface area contributed by atoms with Crippen LogP contribution in [0.1, 0.15) is 11.3 Å². The number of halogens is 3. The predicted molar refractivity (Wildman–Crippen MR) is 104 cm³/mol. The van der Waals surface area contributed by atoms with E-state index in [2.05, 4.69) is 5.10 Å². The highest BCUT2D eigenvalue weighted by Gasteiger charge is 2.41. The third-order valence-electron chi connectivity index (χ3n) is 4.48. The number of rotatable bonds is 5. The summed E-state index contributed by atoms with van der Waals surface area (Å²) in [5.41, 5.74) is -0.487. The van der Waals surface area contributed by atoms with Gasteiger partial charge in [-0.1, -0.05) is 36.4 Å². The molecule has 3 aromatic rings. The van der Waals surface area contributed by atoms with E-state index in [1.54, 1.807) is 25.1 Å². The molecule has 0 fully saturated rings. The standard InChI is InChI=1S/C20H17F3N2O4S/c1-12-5-3-4-6-15(12)17-18(13-7-9-14(10-8-13)30(2,28)29)24-25(11-16(26)27)19(17)20(21,22)23/h3-10H,11H2,1-2H3,(H,26,27). The zero-order chi connectivity index (χ0) is 22.3. The second-order valence-electron chi connectivity index (χ2n) is 6.73. The van der Waals surface area contributed by atoms with Gasteiger partial charge in [0.15, 0.2) is 15.5 Å². The van der Waals surface area contributed by atoms with Crippen LogP contribution < -0.4 is 0 Å². The summed E-state index contributed by atoms with van der Waals surface area (Å²) in [4.78, 5) is 11.2. The molecule has 10 heteroatoms. The van der Waals surface area contributed by atoms with Crippen molar-refractivity contribution in [1.82, 2.24) is 9.78 Å². The number of aliphatic carboxylic acids is 1. The number of hydrogen-bond donors (Lipinski definition) is 1. The lowest BCUT2D eigenvalue weighted by Gasteiger charge is -2.13. The number of nitrogens with zero attached hydrogens (tertiary/aromatic N) is 2. The first-order valence-electron chi connectivity index (χ1n) is 8.66. The van der Waals surface area contributed by atoms with Crippen LogP contribution in [0.15, 0.2) is 53.4 Å². The summed E-state index contributed by atoms with van der Waals surface area (Å²) >= 11 is 0. The van der Waals surface area contributed by atoms with Crippen LogP contribution in [0.2, 0.25) is 0 Å². The highest BCUT2D eigenvalue weighted by molar-refractivity contribution is 7.90. The van der Waals surface area contributed by atoms with E-state index in [0.29, 0.717) is 10.2 Å². The first kappa shape index (κ1) is 21.6. The van der Waals surface area contributed by atoms with E-state index in [9.17, 15) is 26.4 Å². The van der Waals surface area contributed by atoms with E-state index in [0.717, 1.165) is 6.26 Å². The maximum atomic E-state index is 14.0. The number of hydrogen-bond acceptors (Lipinski definition) is 4. The fourth-order valence-electron chi connectivity index (χ4n) is 3.16. The topological polar surface area (TPSA) is 89.3 Å². The van der Waals surface area contributed by atoms with Gasteiger partial charge in [0.1, 0.15) is 12.2 Å². The Morgan fingerprint density at radius 3 is 2.20 bits per heavy atom. The smallest absolute Gasteiger partial charge is 0.433 e. The number of carbonyl (C=O) groups is 1. The molecular formula is C20H17F3N2O4S. The minimum atomic E-state index is -4.87. The molecule has 0 atom stereocenters. The van der Waals surface area contributed by atoms with E-state index < -0.39 is 34.2 Å². The second kappa shape index (κ2) is 7.60. The Hall–Kier alpha value is -3.14. The Bertz CT molecular complexity index is 1210. The van der Waals surface area contributed by atoms with Crippen molar-refractivity contribution in [3.05, 3.63) is 59.8 Å². The molecule has 158 valence electrons. The monoisotopic (exact) mass is 438 g/mol. The van der Waals surface area contributed by atoms with Crippen molar-refractivity contribution in [3.63, 3.8) is 0 Å². The summed E-state index contributed by atoms with van der Waals surface area (Å²) < 4.78 is 65.8. The Morgan fingerprint density at radius 1 is 1.10 bits per heavy atom. The van der Waals surface area contributed by atoms with Crippen molar-refractivity contribution in [2.45, 2.75) is 24.5 Å². The number of carboxylic acid groups (broad SMARTS) is 1. The Balaban J connectivity index is 2.36. The van der Waals surface area contributed by atoms with Crippen molar-refractivity contribution in [1.29, 1.82) is 0 Å². The lowest BCUT2D eigenvalue weighted by atomic mass is 9.95. The van der Waals surface area contributed by atoms with Crippen LogP contribution >= 0.6 is 0 Å². The van der Waals surface area contributed by atoms with Gasteiger partial charge in [0.25, 0.3) is 0 Å². The lowest BCUT2D eigenvalue weighted by molar-refractivity contribution is -0.146. The largest absolute Gasteiger partial charge is 0.480 e. The van der Waals surface area contributed by atoms with Gasteiger partial charge in [-0.2, -0.15) is 18.3 Å². The predicted octanol–water partition coefficient (Wildman–Crippen LogP) is 4.03. The number of benzene rings is 2. The molecule has 1 N–H and O–H groups in total. The minimum Gasteiger partial charge on any atom is -0.480 e. The molecule has 0 aliphatic rings. The zero-order valence-electron chi connectivity index (χ0n) is 15.9. The van der Waals surface area contributed by atoms with Crippen molar-refractivity contribution >= 4 is 15.8 Å². The lowest BCUT2D eigenvalue weighted by Crippen LogP contribution is -2.19. The van der Waals surface area contributed by atoms with Crippen molar-refractivity contribution in [2.75, 3.05) is 6.26 Å². The molecule has 0 spiro atoms. The van der Waals surface area contributed by atoms with Crippen LogP contribution in [-0.4, -0.2) is 35.5 Å². The SMILES string of the molecule is Cc1ccccc1-c1c(-c2ccc(S(C)(=O)=O)cc2)nn(CC(=O)O)c1C(F)(F)F. The molecule has 1 heterocycles. The maximum Gasteiger partial charge on any atom is 0.433 e. The quantitative estimate of drug-likeness (QED) is 0.650. The summed E-state index contributed by atoms with van der Waals surface area (Å²) in [7, 11) is -3.50. The zero-order valence-corrected chi connectivity index (χ0v) is 16.8. The first-order chi connectivity index (χ1) is 13.9. The third-order valence-corrected chi connectivity index (χ3v) is 5.60. The molecule has 0 amide bonds. The molecular weight excluding hydrogens is 421 g/mol. The number of aryl methyl sites for hydroxylation is 1. The van der Waals surface area contributed by atoms with Gasteiger partial charge in [0.05, 0.1) is 4.90 Å². The molecule has 0 bridgehead atoms. The van der Waals surface area contributed by atoms with Gasteiger partial charge in [-0.25, -0.2) is 13.1 Å². The van der Waals surface area contributed by atoms with Gasteiger partial charge in [0, 0.05) is 17.4 Å². The molecule has 0 aliphatic carbocycles. The van der Waals surface area contributed by atoms with E-state index in [1.807, 2.05) is 0 Å². The van der Waals surface area contributed by atoms with Crippen molar-refractivity contribution in [3.8, 4) is 22.4 Å².